The Morgan fingerprint density at radius 3 is 2.44 bits per heavy atom. The maximum Gasteiger partial charge on any atom is 0.341 e. The number of benzene rings is 1. The van der Waals surface area contributed by atoms with E-state index < -0.39 is 0 Å². The number of methoxy groups -OCH3 is 1. The van der Waals surface area contributed by atoms with Gasteiger partial charge in [0.1, 0.15) is 10.6 Å². The van der Waals surface area contributed by atoms with Crippen LogP contribution in [0.3, 0.4) is 0 Å². The van der Waals surface area contributed by atoms with E-state index in [0.29, 0.717) is 22.5 Å². The van der Waals surface area contributed by atoms with Crippen LogP contribution in [0.1, 0.15) is 35.5 Å². The smallest absolute Gasteiger partial charge is 0.341 e. The molecule has 0 unspecified atom stereocenters. The zero-order chi connectivity index (χ0) is 19.6. The summed E-state index contributed by atoms with van der Waals surface area (Å²) < 4.78 is 5.08. The number of thiocarbonyl (C=S) groups is 1. The van der Waals surface area contributed by atoms with E-state index in [-0.39, 0.29) is 5.97 Å². The van der Waals surface area contributed by atoms with Gasteiger partial charge in [0.15, 0.2) is 5.11 Å². The molecule has 144 valence electrons. The van der Waals surface area contributed by atoms with Crippen molar-refractivity contribution in [1.82, 2.24) is 4.90 Å². The van der Waals surface area contributed by atoms with E-state index in [4.69, 9.17) is 17.0 Å². The van der Waals surface area contributed by atoms with Crippen molar-refractivity contribution in [3.05, 3.63) is 40.8 Å². The Kier molecular flexibility index (Phi) is 6.17. The minimum Gasteiger partial charge on any atom is -0.465 e. The zero-order valence-electron chi connectivity index (χ0n) is 16.2. The molecule has 1 saturated heterocycles. The molecule has 0 aliphatic carbocycles. The number of hydrogen-bond acceptors (Lipinski definition) is 4. The average molecular weight is 403 g/mol. The normalized spacial score (nSPS) is 19.6. The Bertz CT molecular complexity index is 822. The van der Waals surface area contributed by atoms with Crippen LogP contribution in [0.15, 0.2) is 30.3 Å². The van der Waals surface area contributed by atoms with E-state index in [1.807, 2.05) is 37.3 Å². The molecule has 1 aliphatic rings. The summed E-state index contributed by atoms with van der Waals surface area (Å²) in [5, 5.41) is 4.78. The number of likely N-dealkylation sites (tertiary alicyclic amines) is 1. The third-order valence-corrected chi connectivity index (χ3v) is 6.29. The molecule has 1 aromatic heterocycles. The van der Waals surface area contributed by atoms with Crippen molar-refractivity contribution < 1.29 is 9.53 Å². The van der Waals surface area contributed by atoms with Crippen molar-refractivity contribution in [3.63, 3.8) is 0 Å². The molecular weight excluding hydrogens is 376 g/mol. The van der Waals surface area contributed by atoms with Gasteiger partial charge in [-0.15, -0.1) is 11.3 Å². The van der Waals surface area contributed by atoms with Crippen LogP contribution in [-0.4, -0.2) is 36.2 Å². The molecule has 0 radical (unpaired) electrons. The Hall–Kier alpha value is -1.92. The van der Waals surface area contributed by atoms with Crippen LogP contribution in [0, 0.1) is 18.8 Å². The standard InChI is InChI=1S/C21H26N2O2S2/c1-13-10-14(2)12-23(11-13)21(26)22-19-18(20(24)25-4)17(15(3)27-19)16-8-6-5-7-9-16/h5-9,13-14H,10-12H2,1-4H3,(H,22,26)/t13-,14-/m1/s1. The van der Waals surface area contributed by atoms with E-state index in [0.717, 1.165) is 34.1 Å². The first-order chi connectivity index (χ1) is 12.9. The molecule has 0 spiro atoms. The Morgan fingerprint density at radius 1 is 1.22 bits per heavy atom. The summed E-state index contributed by atoms with van der Waals surface area (Å²) in [5.41, 5.74) is 2.48. The quantitative estimate of drug-likeness (QED) is 0.566. The number of carbonyl (C=O) groups is 1. The van der Waals surface area contributed by atoms with E-state index in [1.165, 1.54) is 13.5 Å². The van der Waals surface area contributed by atoms with Gasteiger partial charge in [0, 0.05) is 23.5 Å². The van der Waals surface area contributed by atoms with Gasteiger partial charge in [-0.2, -0.15) is 0 Å². The van der Waals surface area contributed by atoms with E-state index in [9.17, 15) is 4.79 Å². The topological polar surface area (TPSA) is 41.6 Å². The van der Waals surface area contributed by atoms with Crippen molar-refractivity contribution in [2.24, 2.45) is 11.8 Å². The molecule has 2 aromatic rings. The largest absolute Gasteiger partial charge is 0.465 e. The fourth-order valence-electron chi connectivity index (χ4n) is 3.89. The second kappa shape index (κ2) is 8.40. The summed E-state index contributed by atoms with van der Waals surface area (Å²) in [5.74, 6) is 0.876. The monoisotopic (exact) mass is 402 g/mol. The minimum absolute atomic E-state index is 0.344. The van der Waals surface area contributed by atoms with E-state index >= 15 is 0 Å². The maximum absolute atomic E-state index is 12.6. The zero-order valence-corrected chi connectivity index (χ0v) is 17.9. The van der Waals surface area contributed by atoms with Gasteiger partial charge < -0.3 is 15.0 Å². The lowest BCUT2D eigenvalue weighted by Crippen LogP contribution is -2.44. The van der Waals surface area contributed by atoms with E-state index in [1.54, 1.807) is 11.3 Å². The summed E-state index contributed by atoms with van der Waals surface area (Å²) in [6.45, 7) is 8.43. The Morgan fingerprint density at radius 2 is 1.85 bits per heavy atom. The van der Waals surface area contributed by atoms with Crippen LogP contribution in [0.25, 0.3) is 11.1 Å². The lowest BCUT2D eigenvalue weighted by molar-refractivity contribution is 0.0603. The number of esters is 1. The van der Waals surface area contributed by atoms with Crippen molar-refractivity contribution in [1.29, 1.82) is 0 Å². The Labute approximate surface area is 170 Å². The molecule has 1 aromatic carbocycles. The number of carbonyl (C=O) groups excluding carboxylic acids is 1. The minimum atomic E-state index is -0.344. The number of anilines is 1. The van der Waals surface area contributed by atoms with Crippen molar-refractivity contribution in [3.8, 4) is 11.1 Å². The van der Waals surface area contributed by atoms with Gasteiger partial charge in [-0.25, -0.2) is 4.79 Å². The summed E-state index contributed by atoms with van der Waals surface area (Å²) in [7, 11) is 1.42. The van der Waals surface area contributed by atoms with Crippen LogP contribution in [0.4, 0.5) is 5.00 Å². The predicted molar refractivity (Wildman–Crippen MR) is 117 cm³/mol. The lowest BCUT2D eigenvalue weighted by atomic mass is 9.92. The van der Waals surface area contributed by atoms with Gasteiger partial charge in [-0.3, -0.25) is 0 Å². The van der Waals surface area contributed by atoms with Gasteiger partial charge in [-0.1, -0.05) is 44.2 Å². The highest BCUT2D eigenvalue weighted by atomic mass is 32.1. The molecule has 1 N–H and O–H groups in total. The highest BCUT2D eigenvalue weighted by Crippen LogP contribution is 2.40. The molecule has 0 bridgehead atoms. The molecular formula is C21H26N2O2S2. The SMILES string of the molecule is COC(=O)c1c(NC(=S)N2C[C@H](C)C[C@@H](C)C2)sc(C)c1-c1ccccc1. The molecule has 1 fully saturated rings. The third-order valence-electron chi connectivity index (χ3n) is 4.91. The number of piperidine rings is 1. The highest BCUT2D eigenvalue weighted by molar-refractivity contribution is 7.80. The first-order valence-electron chi connectivity index (χ1n) is 9.23. The predicted octanol–water partition coefficient (Wildman–Crippen LogP) is 5.18. The molecule has 2 heterocycles. The number of rotatable bonds is 3. The summed E-state index contributed by atoms with van der Waals surface area (Å²) >= 11 is 7.23. The third kappa shape index (κ3) is 4.33. The fourth-order valence-corrected chi connectivity index (χ4v) is 5.27. The molecule has 2 atom stereocenters. The summed E-state index contributed by atoms with van der Waals surface area (Å²) in [6, 6.07) is 9.94. The Balaban J connectivity index is 1.94. The molecule has 0 saturated carbocycles. The molecule has 4 nitrogen and oxygen atoms in total. The maximum atomic E-state index is 12.6. The number of nitrogens with zero attached hydrogens (tertiary/aromatic N) is 1. The number of hydrogen-bond donors (Lipinski definition) is 1. The fraction of sp³-hybridized carbons (Fsp3) is 0.429. The number of nitrogens with one attached hydrogen (secondary N) is 1. The second-order valence-corrected chi connectivity index (χ2v) is 8.99. The number of aryl methyl sites for hydroxylation is 1. The van der Waals surface area contributed by atoms with Crippen molar-refractivity contribution in [2.45, 2.75) is 27.2 Å². The molecule has 6 heteroatoms. The lowest BCUT2D eigenvalue weighted by Gasteiger charge is -2.36. The van der Waals surface area contributed by atoms with Crippen LogP contribution >= 0.6 is 23.6 Å². The summed E-state index contributed by atoms with van der Waals surface area (Å²) in [6.07, 6.45) is 1.22. The highest BCUT2D eigenvalue weighted by Gasteiger charge is 2.27. The van der Waals surface area contributed by atoms with Crippen LogP contribution < -0.4 is 5.32 Å². The van der Waals surface area contributed by atoms with Gasteiger partial charge in [0.05, 0.1) is 7.11 Å². The first-order valence-corrected chi connectivity index (χ1v) is 10.5. The van der Waals surface area contributed by atoms with Crippen molar-refractivity contribution >= 4 is 39.6 Å². The van der Waals surface area contributed by atoms with Crippen molar-refractivity contribution in [2.75, 3.05) is 25.5 Å². The molecule has 3 rings (SSSR count). The molecule has 0 amide bonds. The van der Waals surface area contributed by atoms with Crippen LogP contribution in [-0.2, 0) is 4.74 Å². The molecule has 1 aliphatic heterocycles. The van der Waals surface area contributed by atoms with Gasteiger partial charge in [-0.05, 0) is 43.0 Å². The van der Waals surface area contributed by atoms with Gasteiger partial charge in [0.2, 0.25) is 0 Å². The van der Waals surface area contributed by atoms with E-state index in [2.05, 4.69) is 24.1 Å². The number of thiophene rings is 1. The number of ether oxygens (including phenoxy) is 1. The first kappa shape index (κ1) is 19.8. The summed E-state index contributed by atoms with van der Waals surface area (Å²) in [4.78, 5) is 15.9. The molecule has 27 heavy (non-hydrogen) atoms. The van der Waals surface area contributed by atoms with Gasteiger partial charge >= 0.3 is 5.97 Å². The van der Waals surface area contributed by atoms with Crippen LogP contribution in [0.5, 0.6) is 0 Å². The second-order valence-electron chi connectivity index (χ2n) is 7.38. The van der Waals surface area contributed by atoms with Gasteiger partial charge in [0.25, 0.3) is 0 Å². The van der Waals surface area contributed by atoms with Crippen LogP contribution in [0.2, 0.25) is 0 Å². The average Bonchev–Trinajstić information content (AvgIpc) is 2.96.